The molecule has 0 atom stereocenters. The molecule has 0 bridgehead atoms. The van der Waals surface area contributed by atoms with Crippen LogP contribution >= 0.6 is 11.3 Å². The van der Waals surface area contributed by atoms with Crippen molar-refractivity contribution in [2.45, 2.75) is 33.6 Å². The van der Waals surface area contributed by atoms with Crippen molar-refractivity contribution in [1.29, 1.82) is 0 Å². The number of nitrogens with zero attached hydrogens (tertiary/aromatic N) is 5. The Bertz CT molecular complexity index is 773. The second kappa shape index (κ2) is 7.90. The predicted molar refractivity (Wildman–Crippen MR) is 99.4 cm³/mol. The maximum atomic E-state index is 12.6. The van der Waals surface area contributed by atoms with Gasteiger partial charge in [0.25, 0.3) is 11.8 Å². The van der Waals surface area contributed by atoms with Gasteiger partial charge in [0.1, 0.15) is 5.69 Å². The molecule has 0 unspecified atom stereocenters. The summed E-state index contributed by atoms with van der Waals surface area (Å²) < 4.78 is 0. The van der Waals surface area contributed by atoms with E-state index in [1.807, 2.05) is 20.8 Å². The van der Waals surface area contributed by atoms with Gasteiger partial charge in [0, 0.05) is 50.1 Å². The molecular weight excluding hydrogens is 350 g/mol. The third-order valence-electron chi connectivity index (χ3n) is 4.53. The van der Waals surface area contributed by atoms with Crippen LogP contribution in [0.2, 0.25) is 0 Å². The lowest BCUT2D eigenvalue weighted by molar-refractivity contribution is 0.0751. The van der Waals surface area contributed by atoms with E-state index in [0.29, 0.717) is 49.7 Å². The summed E-state index contributed by atoms with van der Waals surface area (Å²) in [7, 11) is 0. The highest BCUT2D eigenvalue weighted by Gasteiger charge is 2.25. The van der Waals surface area contributed by atoms with Gasteiger partial charge < -0.3 is 9.80 Å². The topological polar surface area (TPSA) is 79.3 Å². The average molecular weight is 373 g/mol. The number of aryl methyl sites for hydroxylation is 1. The second-order valence-electron chi connectivity index (χ2n) is 6.20. The second-order valence-corrected chi connectivity index (χ2v) is 7.29. The Morgan fingerprint density at radius 2 is 1.88 bits per heavy atom. The standard InChI is InChI=1S/C18H23N5O2S/c1-4-22(5-2)18(25)16-21-13-6-8-23(9-7-15(13)26-16)17(24)14-11-19-12(3)10-20-14/h10-11H,4-9H2,1-3H3. The van der Waals surface area contributed by atoms with Gasteiger partial charge >= 0.3 is 0 Å². The van der Waals surface area contributed by atoms with Crippen LogP contribution in [0.4, 0.5) is 0 Å². The van der Waals surface area contributed by atoms with Crippen molar-refractivity contribution in [3.05, 3.63) is 39.4 Å². The minimum absolute atomic E-state index is 0.00376. The summed E-state index contributed by atoms with van der Waals surface area (Å²) in [6, 6.07) is 0. The summed E-state index contributed by atoms with van der Waals surface area (Å²) in [5, 5.41) is 0.558. The van der Waals surface area contributed by atoms with Gasteiger partial charge in [0.15, 0.2) is 5.01 Å². The number of hydrogen-bond acceptors (Lipinski definition) is 6. The molecule has 0 saturated heterocycles. The molecule has 0 radical (unpaired) electrons. The van der Waals surface area contributed by atoms with Crippen LogP contribution < -0.4 is 0 Å². The Balaban J connectivity index is 1.70. The van der Waals surface area contributed by atoms with Crippen LogP contribution in [0.1, 0.15) is 50.4 Å². The molecule has 1 aliphatic rings. The molecule has 8 heteroatoms. The Labute approximate surface area is 157 Å². The highest BCUT2D eigenvalue weighted by Crippen LogP contribution is 2.24. The van der Waals surface area contributed by atoms with Crippen molar-refractivity contribution in [3.8, 4) is 0 Å². The lowest BCUT2D eigenvalue weighted by Crippen LogP contribution is -2.34. The van der Waals surface area contributed by atoms with Crippen molar-refractivity contribution >= 4 is 23.2 Å². The molecule has 2 amide bonds. The van der Waals surface area contributed by atoms with Gasteiger partial charge in [-0.15, -0.1) is 11.3 Å². The van der Waals surface area contributed by atoms with Crippen molar-refractivity contribution in [2.75, 3.05) is 26.2 Å². The van der Waals surface area contributed by atoms with Gasteiger partial charge in [0.2, 0.25) is 0 Å². The quantitative estimate of drug-likeness (QED) is 0.819. The summed E-state index contributed by atoms with van der Waals surface area (Å²) >= 11 is 1.46. The van der Waals surface area contributed by atoms with Crippen LogP contribution in [-0.2, 0) is 12.8 Å². The Morgan fingerprint density at radius 3 is 2.54 bits per heavy atom. The molecule has 0 aliphatic carbocycles. The summed E-state index contributed by atoms with van der Waals surface area (Å²) in [5.74, 6) is -0.108. The number of rotatable bonds is 4. The molecule has 1 aliphatic heterocycles. The molecular formula is C18H23N5O2S. The van der Waals surface area contributed by atoms with E-state index in [0.717, 1.165) is 16.3 Å². The molecule has 0 saturated carbocycles. The fraction of sp³-hybridized carbons (Fsp3) is 0.500. The minimum atomic E-state index is -0.105. The van der Waals surface area contributed by atoms with E-state index in [1.165, 1.54) is 17.5 Å². The molecule has 0 N–H and O–H groups in total. The highest BCUT2D eigenvalue weighted by atomic mass is 32.1. The molecule has 3 rings (SSSR count). The molecule has 7 nitrogen and oxygen atoms in total. The molecule has 3 heterocycles. The first kappa shape index (κ1) is 18.4. The van der Waals surface area contributed by atoms with Gasteiger partial charge in [-0.05, 0) is 20.8 Å². The lowest BCUT2D eigenvalue weighted by atomic mass is 10.2. The van der Waals surface area contributed by atoms with E-state index in [1.54, 1.807) is 16.0 Å². The van der Waals surface area contributed by atoms with E-state index in [4.69, 9.17) is 0 Å². The smallest absolute Gasteiger partial charge is 0.282 e. The first-order valence-corrected chi connectivity index (χ1v) is 9.70. The molecule has 0 spiro atoms. The van der Waals surface area contributed by atoms with Crippen LogP contribution in [0, 0.1) is 6.92 Å². The molecule has 0 aromatic carbocycles. The summed E-state index contributed by atoms with van der Waals surface area (Å²) in [6.45, 7) is 8.31. The number of aromatic nitrogens is 3. The minimum Gasteiger partial charge on any atom is -0.337 e. The van der Waals surface area contributed by atoms with Crippen LogP contribution in [0.5, 0.6) is 0 Å². The normalized spacial score (nSPS) is 13.9. The van der Waals surface area contributed by atoms with Crippen molar-refractivity contribution in [1.82, 2.24) is 24.8 Å². The molecule has 138 valence electrons. The number of hydrogen-bond donors (Lipinski definition) is 0. The van der Waals surface area contributed by atoms with Crippen LogP contribution in [0.3, 0.4) is 0 Å². The molecule has 2 aromatic heterocycles. The van der Waals surface area contributed by atoms with Gasteiger partial charge in [-0.25, -0.2) is 9.97 Å². The molecule has 26 heavy (non-hydrogen) atoms. The van der Waals surface area contributed by atoms with Crippen molar-refractivity contribution < 1.29 is 9.59 Å². The molecule has 2 aromatic rings. The summed E-state index contributed by atoms with van der Waals surface area (Å²) in [6.07, 6.45) is 4.50. The Hall–Kier alpha value is -2.35. The maximum Gasteiger partial charge on any atom is 0.282 e. The zero-order chi connectivity index (χ0) is 18.7. The highest BCUT2D eigenvalue weighted by molar-refractivity contribution is 7.13. The van der Waals surface area contributed by atoms with Crippen molar-refractivity contribution in [2.24, 2.45) is 0 Å². The lowest BCUT2D eigenvalue weighted by Gasteiger charge is -2.19. The summed E-state index contributed by atoms with van der Waals surface area (Å²) in [4.78, 5) is 42.7. The zero-order valence-electron chi connectivity index (χ0n) is 15.4. The summed E-state index contributed by atoms with van der Waals surface area (Å²) in [5.41, 5.74) is 2.09. The zero-order valence-corrected chi connectivity index (χ0v) is 16.2. The molecule has 0 fully saturated rings. The van der Waals surface area contributed by atoms with Crippen LogP contribution in [-0.4, -0.2) is 62.7 Å². The van der Waals surface area contributed by atoms with Gasteiger partial charge in [0.05, 0.1) is 17.6 Å². The third kappa shape index (κ3) is 3.75. The number of carbonyl (C=O) groups excluding carboxylic acids is 2. The van der Waals surface area contributed by atoms with Gasteiger partial charge in [-0.3, -0.25) is 14.6 Å². The SMILES string of the molecule is CCN(CC)C(=O)c1nc2c(s1)CCN(C(=O)c1cnc(C)cn1)CC2. The first-order valence-electron chi connectivity index (χ1n) is 8.89. The third-order valence-corrected chi connectivity index (χ3v) is 5.67. The fourth-order valence-electron chi connectivity index (χ4n) is 2.97. The Morgan fingerprint density at radius 1 is 1.15 bits per heavy atom. The number of amides is 2. The van der Waals surface area contributed by atoms with E-state index in [2.05, 4.69) is 15.0 Å². The van der Waals surface area contributed by atoms with Gasteiger partial charge in [-0.2, -0.15) is 0 Å². The largest absolute Gasteiger partial charge is 0.337 e. The fourth-order valence-corrected chi connectivity index (χ4v) is 4.03. The van der Waals surface area contributed by atoms with E-state index in [9.17, 15) is 9.59 Å². The monoisotopic (exact) mass is 373 g/mol. The van der Waals surface area contributed by atoms with Crippen molar-refractivity contribution in [3.63, 3.8) is 0 Å². The van der Waals surface area contributed by atoms with Crippen LogP contribution in [0.25, 0.3) is 0 Å². The predicted octanol–water partition coefficient (Wildman–Crippen LogP) is 1.96. The van der Waals surface area contributed by atoms with E-state index < -0.39 is 0 Å². The number of thiazole rings is 1. The maximum absolute atomic E-state index is 12.6. The van der Waals surface area contributed by atoms with Gasteiger partial charge in [-0.1, -0.05) is 0 Å². The Kier molecular flexibility index (Phi) is 5.61. The number of carbonyl (C=O) groups is 2. The van der Waals surface area contributed by atoms with E-state index in [-0.39, 0.29) is 11.8 Å². The van der Waals surface area contributed by atoms with Crippen LogP contribution in [0.15, 0.2) is 12.4 Å². The number of fused-ring (bicyclic) bond motifs is 1. The first-order chi connectivity index (χ1) is 12.5. The van der Waals surface area contributed by atoms with E-state index >= 15 is 0 Å². The average Bonchev–Trinajstić information content (AvgIpc) is 2.96.